The summed E-state index contributed by atoms with van der Waals surface area (Å²) in [4.78, 5) is 0. The summed E-state index contributed by atoms with van der Waals surface area (Å²) in [6.07, 6.45) is -1.48. The molecule has 102 valence electrons. The molecule has 9 heteroatoms. The van der Waals surface area contributed by atoms with Crippen molar-refractivity contribution in [2.24, 2.45) is 0 Å². The topological polar surface area (TPSA) is 43.4 Å². The molecule has 0 bridgehead atoms. The van der Waals surface area contributed by atoms with Crippen molar-refractivity contribution in [1.29, 1.82) is 0 Å². The fourth-order valence-corrected chi connectivity index (χ4v) is 2.04. The largest absolute Gasteiger partial charge is 0.523 e. The van der Waals surface area contributed by atoms with Gasteiger partial charge in [-0.2, -0.15) is 21.6 Å². The Hall–Kier alpha value is -0.860. The molecule has 0 saturated heterocycles. The lowest BCUT2D eigenvalue weighted by atomic mass is 10.1. The number of benzene rings is 1. The molecule has 1 aromatic rings. The van der Waals surface area contributed by atoms with Gasteiger partial charge in [0.05, 0.1) is 0 Å². The average molecular weight is 307 g/mol. The second kappa shape index (κ2) is 5.02. The van der Waals surface area contributed by atoms with E-state index in [1.807, 2.05) is 0 Å². The Morgan fingerprint density at radius 3 is 2.33 bits per heavy atom. The Morgan fingerprint density at radius 2 is 1.89 bits per heavy atom. The van der Waals surface area contributed by atoms with Gasteiger partial charge in [0.25, 0.3) is 0 Å². The minimum atomic E-state index is -5.72. The van der Waals surface area contributed by atoms with E-state index in [0.29, 0.717) is 0 Å². The molecule has 0 aliphatic heterocycles. The van der Waals surface area contributed by atoms with E-state index in [9.17, 15) is 26.0 Å². The summed E-state index contributed by atoms with van der Waals surface area (Å²) in [7, 11) is -5.72. The molecule has 1 unspecified atom stereocenters. The van der Waals surface area contributed by atoms with Crippen LogP contribution >= 0.6 is 11.6 Å². The first-order valence-electron chi connectivity index (χ1n) is 4.49. The van der Waals surface area contributed by atoms with Crippen LogP contribution in [0.1, 0.15) is 18.6 Å². The van der Waals surface area contributed by atoms with Crippen LogP contribution in [-0.2, 0) is 14.3 Å². The highest BCUT2D eigenvalue weighted by atomic mass is 35.5. The monoisotopic (exact) mass is 306 g/mol. The molecule has 0 aromatic heterocycles. The van der Waals surface area contributed by atoms with Gasteiger partial charge in [-0.15, -0.1) is 0 Å². The fraction of sp³-hybridized carbons (Fsp3) is 0.333. The third-order valence-corrected chi connectivity index (χ3v) is 3.39. The van der Waals surface area contributed by atoms with Crippen molar-refractivity contribution in [3.8, 4) is 0 Å². The zero-order valence-electron chi connectivity index (χ0n) is 8.83. The number of halogens is 5. The van der Waals surface area contributed by atoms with Crippen LogP contribution in [0.15, 0.2) is 18.2 Å². The van der Waals surface area contributed by atoms with Crippen LogP contribution in [0.4, 0.5) is 17.6 Å². The first-order chi connectivity index (χ1) is 8.04. The normalized spacial score (nSPS) is 14.6. The van der Waals surface area contributed by atoms with Gasteiger partial charge >= 0.3 is 15.6 Å². The standard InChI is InChI=1S/C9H7ClF4O3S/c1-5(17-18(15,16)9(12,13)14)7-3-2-6(11)4-8(7)10/h2-5H,1H3. The molecule has 18 heavy (non-hydrogen) atoms. The Balaban J connectivity index is 3.00. The maximum absolute atomic E-state index is 12.7. The molecule has 0 radical (unpaired) electrons. The smallest absolute Gasteiger partial charge is 0.255 e. The van der Waals surface area contributed by atoms with Crippen LogP contribution in [0.2, 0.25) is 5.02 Å². The lowest BCUT2D eigenvalue weighted by Gasteiger charge is -2.15. The Labute approximate surface area is 105 Å². The van der Waals surface area contributed by atoms with E-state index in [1.54, 1.807) is 0 Å². The summed E-state index contributed by atoms with van der Waals surface area (Å²) < 4.78 is 74.4. The number of alkyl halides is 3. The highest BCUT2D eigenvalue weighted by Crippen LogP contribution is 2.32. The van der Waals surface area contributed by atoms with Gasteiger partial charge in [0, 0.05) is 10.6 Å². The van der Waals surface area contributed by atoms with Gasteiger partial charge in [0.2, 0.25) is 0 Å². The van der Waals surface area contributed by atoms with Crippen LogP contribution in [0.3, 0.4) is 0 Å². The minimum Gasteiger partial charge on any atom is -0.255 e. The third-order valence-electron chi connectivity index (χ3n) is 1.95. The van der Waals surface area contributed by atoms with E-state index in [2.05, 4.69) is 4.18 Å². The molecule has 0 amide bonds. The van der Waals surface area contributed by atoms with Gasteiger partial charge in [-0.1, -0.05) is 17.7 Å². The molecule has 0 fully saturated rings. The van der Waals surface area contributed by atoms with E-state index in [4.69, 9.17) is 11.6 Å². The van der Waals surface area contributed by atoms with Gasteiger partial charge < -0.3 is 0 Å². The molecular weight excluding hydrogens is 300 g/mol. The van der Waals surface area contributed by atoms with Gasteiger partial charge in [-0.05, 0) is 19.1 Å². The van der Waals surface area contributed by atoms with Gasteiger partial charge in [0.1, 0.15) is 11.9 Å². The van der Waals surface area contributed by atoms with Crippen molar-refractivity contribution >= 4 is 21.7 Å². The highest BCUT2D eigenvalue weighted by Gasteiger charge is 2.48. The molecule has 0 aliphatic rings. The first kappa shape index (κ1) is 15.2. The molecule has 1 atom stereocenters. The molecule has 0 spiro atoms. The van der Waals surface area contributed by atoms with Crippen LogP contribution in [0, 0.1) is 5.82 Å². The van der Waals surface area contributed by atoms with Crippen LogP contribution in [-0.4, -0.2) is 13.9 Å². The van der Waals surface area contributed by atoms with E-state index in [-0.39, 0.29) is 10.6 Å². The number of hydrogen-bond donors (Lipinski definition) is 0. The zero-order valence-corrected chi connectivity index (χ0v) is 10.4. The fourth-order valence-electron chi connectivity index (χ4n) is 1.13. The van der Waals surface area contributed by atoms with Crippen LogP contribution in [0.5, 0.6) is 0 Å². The number of rotatable bonds is 3. The van der Waals surface area contributed by atoms with E-state index in [1.165, 1.54) is 0 Å². The quantitative estimate of drug-likeness (QED) is 0.488. The predicted octanol–water partition coefficient (Wildman–Crippen LogP) is 3.41. The van der Waals surface area contributed by atoms with E-state index in [0.717, 1.165) is 25.1 Å². The van der Waals surface area contributed by atoms with Crippen molar-refractivity contribution < 1.29 is 30.2 Å². The molecule has 1 aromatic carbocycles. The summed E-state index contributed by atoms with van der Waals surface area (Å²) in [5.41, 5.74) is -5.58. The van der Waals surface area contributed by atoms with Crippen molar-refractivity contribution in [2.75, 3.05) is 0 Å². The molecule has 1 rings (SSSR count). The zero-order chi connectivity index (χ0) is 14.1. The lowest BCUT2D eigenvalue weighted by Crippen LogP contribution is -2.26. The Bertz CT molecular complexity index is 541. The second-order valence-corrected chi connectivity index (χ2v) is 5.27. The maximum Gasteiger partial charge on any atom is 0.523 e. The number of hydrogen-bond acceptors (Lipinski definition) is 3. The first-order valence-corrected chi connectivity index (χ1v) is 6.28. The second-order valence-electron chi connectivity index (χ2n) is 3.30. The van der Waals surface area contributed by atoms with Crippen molar-refractivity contribution in [1.82, 2.24) is 0 Å². The van der Waals surface area contributed by atoms with Gasteiger partial charge in [-0.3, -0.25) is 4.18 Å². The molecule has 3 nitrogen and oxygen atoms in total. The summed E-state index contributed by atoms with van der Waals surface area (Å²) in [6.45, 7) is 1.06. The van der Waals surface area contributed by atoms with Crippen molar-refractivity contribution in [3.63, 3.8) is 0 Å². The SMILES string of the molecule is CC(OS(=O)(=O)C(F)(F)F)c1ccc(F)cc1Cl. The average Bonchev–Trinajstić information content (AvgIpc) is 2.14. The van der Waals surface area contributed by atoms with E-state index >= 15 is 0 Å². The third kappa shape index (κ3) is 3.33. The molecule has 0 aliphatic carbocycles. The summed E-state index contributed by atoms with van der Waals surface area (Å²) in [5.74, 6) is -0.699. The summed E-state index contributed by atoms with van der Waals surface area (Å²) in [5, 5.41) is -0.222. The van der Waals surface area contributed by atoms with Gasteiger partial charge in [-0.25, -0.2) is 4.39 Å². The van der Waals surface area contributed by atoms with Crippen LogP contribution < -0.4 is 0 Å². The molecule has 0 saturated carbocycles. The Morgan fingerprint density at radius 1 is 1.33 bits per heavy atom. The highest BCUT2D eigenvalue weighted by molar-refractivity contribution is 7.87. The molecular formula is C9H7ClF4O3S. The Kier molecular flexibility index (Phi) is 4.24. The predicted molar refractivity (Wildman–Crippen MR) is 55.9 cm³/mol. The summed E-state index contributed by atoms with van der Waals surface area (Å²) >= 11 is 5.57. The van der Waals surface area contributed by atoms with Crippen molar-refractivity contribution in [3.05, 3.63) is 34.6 Å². The summed E-state index contributed by atoms with van der Waals surface area (Å²) in [6, 6.07) is 2.83. The van der Waals surface area contributed by atoms with Gasteiger partial charge in [0.15, 0.2) is 0 Å². The lowest BCUT2D eigenvalue weighted by molar-refractivity contribution is -0.0569. The van der Waals surface area contributed by atoms with E-state index < -0.39 is 27.5 Å². The van der Waals surface area contributed by atoms with Crippen LogP contribution in [0.25, 0.3) is 0 Å². The molecule has 0 heterocycles. The maximum atomic E-state index is 12.7. The minimum absolute atomic E-state index is 0.0640. The molecule has 0 N–H and O–H groups in total. The van der Waals surface area contributed by atoms with Crippen molar-refractivity contribution in [2.45, 2.75) is 18.5 Å².